The lowest BCUT2D eigenvalue weighted by atomic mass is 9.90. The number of nitrogens with zero attached hydrogens (tertiary/aromatic N) is 2. The summed E-state index contributed by atoms with van der Waals surface area (Å²) < 4.78 is 5.89. The fraction of sp³-hybridized carbons (Fsp3) is 0.188. The van der Waals surface area contributed by atoms with Crippen LogP contribution in [0.3, 0.4) is 0 Å². The lowest BCUT2D eigenvalue weighted by molar-refractivity contribution is -0.384. The predicted molar refractivity (Wildman–Crippen MR) is 79.1 cm³/mol. The molecule has 0 amide bonds. The smallest absolute Gasteiger partial charge is 0.270 e. The van der Waals surface area contributed by atoms with Crippen LogP contribution in [0.1, 0.15) is 25.0 Å². The van der Waals surface area contributed by atoms with Crippen molar-refractivity contribution < 1.29 is 9.66 Å². The van der Waals surface area contributed by atoms with Gasteiger partial charge in [-0.05, 0) is 49.3 Å². The van der Waals surface area contributed by atoms with Crippen molar-refractivity contribution in [3.63, 3.8) is 0 Å². The normalized spacial score (nSPS) is 15.6. The van der Waals surface area contributed by atoms with Crippen molar-refractivity contribution in [1.29, 1.82) is 0 Å². The zero-order chi connectivity index (χ0) is 15.0. The number of nitro benzene ring substituents is 1. The topological polar surface area (TPSA) is 65.3 Å². The second-order valence-corrected chi connectivity index (χ2v) is 5.44. The molecular weight excluding hydrogens is 268 g/mol. The van der Waals surface area contributed by atoms with Crippen LogP contribution in [-0.2, 0) is 0 Å². The SMILES string of the molecule is CC1(C)C=C(c2ccncc2)c2cc([N+](=O)[O-])ccc2O1. The van der Waals surface area contributed by atoms with Gasteiger partial charge in [0.15, 0.2) is 0 Å². The Balaban J connectivity index is 2.21. The van der Waals surface area contributed by atoms with E-state index in [1.165, 1.54) is 6.07 Å². The fourth-order valence-corrected chi connectivity index (χ4v) is 2.44. The third-order valence-electron chi connectivity index (χ3n) is 3.32. The quantitative estimate of drug-likeness (QED) is 0.623. The Labute approximate surface area is 122 Å². The third kappa shape index (κ3) is 2.50. The molecule has 0 fully saturated rings. The predicted octanol–water partition coefficient (Wildman–Crippen LogP) is 3.59. The summed E-state index contributed by atoms with van der Waals surface area (Å²) in [5.74, 6) is 0.653. The molecule has 5 heteroatoms. The van der Waals surface area contributed by atoms with Gasteiger partial charge >= 0.3 is 0 Å². The molecule has 2 heterocycles. The molecule has 5 nitrogen and oxygen atoms in total. The van der Waals surface area contributed by atoms with Crippen LogP contribution in [0.25, 0.3) is 5.57 Å². The van der Waals surface area contributed by atoms with Crippen LogP contribution in [0.4, 0.5) is 5.69 Å². The van der Waals surface area contributed by atoms with E-state index in [0.717, 1.165) is 16.7 Å². The zero-order valence-electron chi connectivity index (χ0n) is 11.7. The van der Waals surface area contributed by atoms with Crippen LogP contribution in [0.5, 0.6) is 5.75 Å². The molecular formula is C16H14N2O3. The van der Waals surface area contributed by atoms with Crippen molar-refractivity contribution in [3.05, 3.63) is 70.0 Å². The number of non-ortho nitro benzene ring substituents is 1. The van der Waals surface area contributed by atoms with Crippen LogP contribution >= 0.6 is 0 Å². The molecule has 0 bridgehead atoms. The summed E-state index contributed by atoms with van der Waals surface area (Å²) >= 11 is 0. The largest absolute Gasteiger partial charge is 0.483 e. The van der Waals surface area contributed by atoms with E-state index in [0.29, 0.717) is 5.75 Å². The van der Waals surface area contributed by atoms with E-state index >= 15 is 0 Å². The second-order valence-electron chi connectivity index (χ2n) is 5.44. The number of hydrogen-bond acceptors (Lipinski definition) is 4. The average molecular weight is 282 g/mol. The van der Waals surface area contributed by atoms with Gasteiger partial charge < -0.3 is 4.74 Å². The zero-order valence-corrected chi connectivity index (χ0v) is 11.7. The molecule has 0 saturated heterocycles. The van der Waals surface area contributed by atoms with Crippen molar-refractivity contribution in [3.8, 4) is 5.75 Å². The Hall–Kier alpha value is -2.69. The fourth-order valence-electron chi connectivity index (χ4n) is 2.44. The van der Waals surface area contributed by atoms with Crippen molar-refractivity contribution in [2.24, 2.45) is 0 Å². The van der Waals surface area contributed by atoms with E-state index in [-0.39, 0.29) is 5.69 Å². The van der Waals surface area contributed by atoms with Crippen molar-refractivity contribution in [1.82, 2.24) is 4.98 Å². The first-order chi connectivity index (χ1) is 9.96. The van der Waals surface area contributed by atoms with Crippen LogP contribution in [0.15, 0.2) is 48.8 Å². The maximum atomic E-state index is 11.0. The highest BCUT2D eigenvalue weighted by atomic mass is 16.6. The molecule has 2 aromatic rings. The summed E-state index contributed by atoms with van der Waals surface area (Å²) in [5, 5.41) is 11.0. The van der Waals surface area contributed by atoms with E-state index in [4.69, 9.17) is 4.74 Å². The van der Waals surface area contributed by atoms with Gasteiger partial charge in [0.25, 0.3) is 5.69 Å². The molecule has 1 aliphatic rings. The van der Waals surface area contributed by atoms with Gasteiger partial charge in [-0.3, -0.25) is 15.1 Å². The van der Waals surface area contributed by atoms with E-state index < -0.39 is 10.5 Å². The first-order valence-electron chi connectivity index (χ1n) is 6.57. The van der Waals surface area contributed by atoms with E-state index in [2.05, 4.69) is 4.98 Å². The average Bonchev–Trinajstić information content (AvgIpc) is 2.46. The van der Waals surface area contributed by atoms with Crippen molar-refractivity contribution >= 4 is 11.3 Å². The van der Waals surface area contributed by atoms with Gasteiger partial charge in [0, 0.05) is 30.1 Å². The number of ether oxygens (including phenoxy) is 1. The first kappa shape index (κ1) is 13.3. The van der Waals surface area contributed by atoms with Gasteiger partial charge in [-0.1, -0.05) is 0 Å². The third-order valence-corrected chi connectivity index (χ3v) is 3.32. The highest BCUT2D eigenvalue weighted by Gasteiger charge is 2.28. The van der Waals surface area contributed by atoms with Crippen molar-refractivity contribution in [2.75, 3.05) is 0 Å². The van der Waals surface area contributed by atoms with Gasteiger partial charge in [0.1, 0.15) is 11.4 Å². The molecule has 0 saturated carbocycles. The van der Waals surface area contributed by atoms with Crippen LogP contribution < -0.4 is 4.74 Å². The van der Waals surface area contributed by atoms with Crippen LogP contribution in [0.2, 0.25) is 0 Å². The minimum Gasteiger partial charge on any atom is -0.483 e. The first-order valence-corrected chi connectivity index (χ1v) is 6.57. The van der Waals surface area contributed by atoms with Gasteiger partial charge in [-0.25, -0.2) is 0 Å². The monoisotopic (exact) mass is 282 g/mol. The second kappa shape index (κ2) is 4.70. The van der Waals surface area contributed by atoms with E-state index in [9.17, 15) is 10.1 Å². The minimum atomic E-state index is -0.470. The van der Waals surface area contributed by atoms with Gasteiger partial charge in [0.05, 0.1) is 4.92 Å². The number of benzene rings is 1. The van der Waals surface area contributed by atoms with Gasteiger partial charge in [-0.15, -0.1) is 0 Å². The highest BCUT2D eigenvalue weighted by Crippen LogP contribution is 2.40. The molecule has 0 radical (unpaired) electrons. The summed E-state index contributed by atoms with van der Waals surface area (Å²) in [7, 11) is 0. The summed E-state index contributed by atoms with van der Waals surface area (Å²) in [6.07, 6.45) is 5.39. The number of fused-ring (bicyclic) bond motifs is 1. The molecule has 21 heavy (non-hydrogen) atoms. The lowest BCUT2D eigenvalue weighted by Gasteiger charge is -2.31. The van der Waals surface area contributed by atoms with Crippen LogP contribution in [-0.4, -0.2) is 15.5 Å². The molecule has 0 spiro atoms. The maximum Gasteiger partial charge on any atom is 0.270 e. The molecule has 1 aromatic heterocycles. The highest BCUT2D eigenvalue weighted by molar-refractivity contribution is 5.85. The number of nitro groups is 1. The summed E-state index contributed by atoms with van der Waals surface area (Å²) in [6, 6.07) is 8.44. The Kier molecular flexibility index (Phi) is 2.97. The van der Waals surface area contributed by atoms with E-state index in [1.807, 2.05) is 32.1 Å². The summed E-state index contributed by atoms with van der Waals surface area (Å²) in [6.45, 7) is 3.91. The Morgan fingerprint density at radius 2 is 1.90 bits per heavy atom. The Morgan fingerprint density at radius 1 is 1.19 bits per heavy atom. The molecule has 1 aliphatic heterocycles. The maximum absolute atomic E-state index is 11.0. The molecule has 0 N–H and O–H groups in total. The number of pyridine rings is 1. The van der Waals surface area contributed by atoms with Crippen LogP contribution in [0, 0.1) is 10.1 Å². The molecule has 106 valence electrons. The van der Waals surface area contributed by atoms with Gasteiger partial charge in [-0.2, -0.15) is 0 Å². The minimum absolute atomic E-state index is 0.0528. The van der Waals surface area contributed by atoms with Crippen molar-refractivity contribution in [2.45, 2.75) is 19.4 Å². The Bertz CT molecular complexity index is 736. The summed E-state index contributed by atoms with van der Waals surface area (Å²) in [4.78, 5) is 14.6. The Morgan fingerprint density at radius 3 is 2.57 bits per heavy atom. The number of hydrogen-bond donors (Lipinski definition) is 0. The van der Waals surface area contributed by atoms with Gasteiger partial charge in [0.2, 0.25) is 0 Å². The molecule has 0 aliphatic carbocycles. The molecule has 3 rings (SSSR count). The lowest BCUT2D eigenvalue weighted by Crippen LogP contribution is -2.29. The number of rotatable bonds is 2. The summed E-state index contributed by atoms with van der Waals surface area (Å²) in [5.41, 5.74) is 2.20. The molecule has 0 atom stereocenters. The standard InChI is InChI=1S/C16H14N2O3/c1-16(2)10-14(11-5-7-17-8-6-11)13-9-12(18(19)20)3-4-15(13)21-16/h3-10H,1-2H3. The molecule has 0 unspecified atom stereocenters. The number of aromatic nitrogens is 1. The molecule has 1 aromatic carbocycles. The van der Waals surface area contributed by atoms with E-state index in [1.54, 1.807) is 24.5 Å².